The monoisotopic (exact) mass is 260 g/mol. The van der Waals surface area contributed by atoms with Gasteiger partial charge in [0.15, 0.2) is 15.7 Å². The van der Waals surface area contributed by atoms with E-state index in [1.165, 1.54) is 6.92 Å². The van der Waals surface area contributed by atoms with Gasteiger partial charge in [0.05, 0.1) is 6.42 Å². The smallest absolute Gasteiger partial charge is 0.234 e. The molecule has 0 amide bonds. The summed E-state index contributed by atoms with van der Waals surface area (Å²) in [7, 11) is -3.26. The zero-order chi connectivity index (χ0) is 13.2. The van der Waals surface area contributed by atoms with E-state index in [0.29, 0.717) is 0 Å². The lowest BCUT2D eigenvalue weighted by atomic mass is 10.1. The lowest BCUT2D eigenvalue weighted by Crippen LogP contribution is -2.11. The van der Waals surface area contributed by atoms with Crippen molar-refractivity contribution >= 4 is 15.6 Å². The van der Waals surface area contributed by atoms with Crippen LogP contribution in [0.25, 0.3) is 0 Å². The topological polar surface area (TPSA) is 90.1 Å². The number of nitrogens with zero attached hydrogens (tertiary/aromatic N) is 2. The molecule has 1 aromatic heterocycles. The van der Waals surface area contributed by atoms with Crippen molar-refractivity contribution in [2.45, 2.75) is 32.4 Å². The van der Waals surface area contributed by atoms with Crippen LogP contribution < -0.4 is 0 Å². The summed E-state index contributed by atoms with van der Waals surface area (Å²) in [6.45, 7) is 5.03. The van der Waals surface area contributed by atoms with Gasteiger partial charge in [0, 0.05) is 12.2 Å². The van der Waals surface area contributed by atoms with Gasteiger partial charge in [0.2, 0.25) is 5.89 Å². The molecule has 6 nitrogen and oxygen atoms in total. The third-order valence-electron chi connectivity index (χ3n) is 2.46. The van der Waals surface area contributed by atoms with Crippen molar-refractivity contribution in [1.82, 2.24) is 10.1 Å². The van der Waals surface area contributed by atoms with Gasteiger partial charge in [-0.1, -0.05) is 19.0 Å². The second-order valence-corrected chi connectivity index (χ2v) is 6.68. The summed E-state index contributed by atoms with van der Waals surface area (Å²) in [4.78, 5) is 15.4. The van der Waals surface area contributed by atoms with Crippen molar-refractivity contribution < 1.29 is 17.7 Å². The number of hydrogen-bond acceptors (Lipinski definition) is 6. The molecule has 0 spiro atoms. The van der Waals surface area contributed by atoms with Crippen molar-refractivity contribution in [2.75, 3.05) is 6.26 Å². The Morgan fingerprint density at radius 2 is 1.94 bits per heavy atom. The third-order valence-corrected chi connectivity index (χ3v) is 3.95. The van der Waals surface area contributed by atoms with Gasteiger partial charge in [-0.3, -0.25) is 4.79 Å². The van der Waals surface area contributed by atoms with Crippen LogP contribution in [-0.4, -0.2) is 30.6 Å². The number of aromatic nitrogens is 2. The molecule has 96 valence electrons. The van der Waals surface area contributed by atoms with Crippen LogP contribution in [0.5, 0.6) is 0 Å². The molecule has 0 fully saturated rings. The second kappa shape index (κ2) is 4.95. The van der Waals surface area contributed by atoms with Gasteiger partial charge in [-0.05, 0) is 6.92 Å². The summed E-state index contributed by atoms with van der Waals surface area (Å²) < 4.78 is 27.4. The standard InChI is InChI=1S/C10H16N2O4S/c1-6(2)8(13)5-9-11-10(12-16-9)7(3)17(4,14)15/h6-7H,5H2,1-4H3. The fourth-order valence-electron chi connectivity index (χ4n) is 1.05. The molecule has 0 aliphatic heterocycles. The first-order valence-corrected chi connectivity index (χ1v) is 7.21. The van der Waals surface area contributed by atoms with Crippen LogP contribution in [0.15, 0.2) is 4.52 Å². The number of Topliss-reactive ketones (excluding diaryl/α,β-unsaturated/α-hetero) is 1. The Balaban J connectivity index is 2.83. The number of carbonyl (C=O) groups is 1. The Labute approximate surface area is 100 Å². The largest absolute Gasteiger partial charge is 0.339 e. The summed E-state index contributed by atoms with van der Waals surface area (Å²) in [6, 6.07) is 0. The predicted octanol–water partition coefficient (Wildman–Crippen LogP) is 0.943. The molecule has 1 aromatic rings. The molecule has 1 rings (SSSR count). The van der Waals surface area contributed by atoms with Crippen LogP contribution in [-0.2, 0) is 21.1 Å². The molecule has 0 radical (unpaired) electrons. The van der Waals surface area contributed by atoms with Gasteiger partial charge in [-0.15, -0.1) is 0 Å². The Bertz CT molecular complexity index is 504. The van der Waals surface area contributed by atoms with Crippen LogP contribution in [0, 0.1) is 5.92 Å². The van der Waals surface area contributed by atoms with Crippen LogP contribution in [0.2, 0.25) is 0 Å². The van der Waals surface area contributed by atoms with Crippen molar-refractivity contribution in [3.63, 3.8) is 0 Å². The SMILES string of the molecule is CC(C)C(=O)Cc1nc(C(C)S(C)(=O)=O)no1. The summed E-state index contributed by atoms with van der Waals surface area (Å²) >= 11 is 0. The molecule has 0 aliphatic rings. The van der Waals surface area contributed by atoms with E-state index in [9.17, 15) is 13.2 Å². The van der Waals surface area contributed by atoms with Crippen LogP contribution >= 0.6 is 0 Å². The van der Waals surface area contributed by atoms with E-state index < -0.39 is 15.1 Å². The lowest BCUT2D eigenvalue weighted by molar-refractivity contribution is -0.121. The molecule has 17 heavy (non-hydrogen) atoms. The Kier molecular flexibility index (Phi) is 4.03. The van der Waals surface area contributed by atoms with Crippen molar-refractivity contribution in [1.29, 1.82) is 0 Å². The van der Waals surface area contributed by atoms with Gasteiger partial charge in [-0.2, -0.15) is 4.98 Å². The van der Waals surface area contributed by atoms with Gasteiger partial charge >= 0.3 is 0 Å². The lowest BCUT2D eigenvalue weighted by Gasteiger charge is -2.02. The summed E-state index contributed by atoms with van der Waals surface area (Å²) in [5.41, 5.74) is 0. The molecular formula is C10H16N2O4S. The van der Waals surface area contributed by atoms with Gasteiger partial charge < -0.3 is 4.52 Å². The van der Waals surface area contributed by atoms with E-state index in [1.54, 1.807) is 13.8 Å². The summed E-state index contributed by atoms with van der Waals surface area (Å²) in [5.74, 6) is 0.123. The van der Waals surface area contributed by atoms with Crippen molar-refractivity contribution in [3.05, 3.63) is 11.7 Å². The molecule has 7 heteroatoms. The van der Waals surface area contributed by atoms with E-state index in [2.05, 4.69) is 10.1 Å². The average Bonchev–Trinajstić information content (AvgIpc) is 2.63. The molecule has 0 saturated carbocycles. The maximum absolute atomic E-state index is 11.4. The highest BCUT2D eigenvalue weighted by molar-refractivity contribution is 7.90. The minimum absolute atomic E-state index is 0.0211. The van der Waals surface area contributed by atoms with Crippen molar-refractivity contribution in [2.24, 2.45) is 5.92 Å². The molecule has 1 heterocycles. The van der Waals surface area contributed by atoms with Gasteiger partial charge in [0.25, 0.3) is 0 Å². The number of rotatable bonds is 5. The molecule has 0 bridgehead atoms. The predicted molar refractivity (Wildman–Crippen MR) is 61.1 cm³/mol. The van der Waals surface area contributed by atoms with Gasteiger partial charge in [-0.25, -0.2) is 8.42 Å². The quantitative estimate of drug-likeness (QED) is 0.782. The third kappa shape index (κ3) is 3.62. The average molecular weight is 260 g/mol. The number of sulfone groups is 1. The van der Waals surface area contributed by atoms with Gasteiger partial charge in [0.1, 0.15) is 11.0 Å². The van der Waals surface area contributed by atoms with E-state index >= 15 is 0 Å². The molecular weight excluding hydrogens is 244 g/mol. The van der Waals surface area contributed by atoms with E-state index in [4.69, 9.17) is 4.52 Å². The molecule has 0 aliphatic carbocycles. The Morgan fingerprint density at radius 3 is 2.41 bits per heavy atom. The van der Waals surface area contributed by atoms with E-state index in [-0.39, 0.29) is 29.8 Å². The zero-order valence-electron chi connectivity index (χ0n) is 10.3. The second-order valence-electron chi connectivity index (χ2n) is 4.32. The highest BCUT2D eigenvalue weighted by Crippen LogP contribution is 2.17. The highest BCUT2D eigenvalue weighted by Gasteiger charge is 2.23. The Hall–Kier alpha value is -1.24. The number of hydrogen-bond donors (Lipinski definition) is 0. The van der Waals surface area contributed by atoms with Crippen LogP contribution in [0.3, 0.4) is 0 Å². The minimum atomic E-state index is -3.26. The van der Waals surface area contributed by atoms with E-state index in [1.807, 2.05) is 0 Å². The van der Waals surface area contributed by atoms with E-state index in [0.717, 1.165) is 6.26 Å². The first-order valence-electron chi connectivity index (χ1n) is 5.26. The number of ketones is 1. The number of carbonyl (C=O) groups excluding carboxylic acids is 1. The maximum Gasteiger partial charge on any atom is 0.234 e. The zero-order valence-corrected chi connectivity index (χ0v) is 11.1. The molecule has 1 unspecified atom stereocenters. The molecule has 0 aromatic carbocycles. The van der Waals surface area contributed by atoms with Crippen LogP contribution in [0.1, 0.15) is 37.7 Å². The fourth-order valence-corrected chi connectivity index (χ4v) is 1.53. The normalized spacial score (nSPS) is 13.9. The fraction of sp³-hybridized carbons (Fsp3) is 0.700. The van der Waals surface area contributed by atoms with Crippen LogP contribution in [0.4, 0.5) is 0 Å². The Morgan fingerprint density at radius 1 is 1.35 bits per heavy atom. The first-order chi connectivity index (χ1) is 7.71. The molecule has 1 atom stereocenters. The highest BCUT2D eigenvalue weighted by atomic mass is 32.2. The summed E-state index contributed by atoms with van der Waals surface area (Å²) in [6.07, 6.45) is 1.15. The maximum atomic E-state index is 11.4. The first kappa shape index (κ1) is 13.8. The summed E-state index contributed by atoms with van der Waals surface area (Å²) in [5, 5.41) is 2.75. The molecule has 0 saturated heterocycles. The van der Waals surface area contributed by atoms with Crippen molar-refractivity contribution in [3.8, 4) is 0 Å². The molecule has 0 N–H and O–H groups in total. The minimum Gasteiger partial charge on any atom is -0.339 e.